The topological polar surface area (TPSA) is 126 Å². The van der Waals surface area contributed by atoms with Crippen molar-refractivity contribution in [3.63, 3.8) is 0 Å². The van der Waals surface area contributed by atoms with Crippen LogP contribution >= 0.6 is 37.2 Å². The van der Waals surface area contributed by atoms with Crippen LogP contribution in [-0.2, 0) is 32.0 Å². The monoisotopic (exact) mass is 533 g/mol. The normalized spacial score (nSPS) is 25.3. The molecule has 1 fully saturated rings. The fourth-order valence-electron chi connectivity index (χ4n) is 2.84. The summed E-state index contributed by atoms with van der Waals surface area (Å²) in [4.78, 5) is 23.4. The van der Waals surface area contributed by atoms with Crippen LogP contribution in [0.4, 0.5) is 0 Å². The highest BCUT2D eigenvalue weighted by atomic mass is 33.1. The number of phosphoric ester groups is 2. The lowest BCUT2D eigenvalue weighted by Gasteiger charge is -2.29. The van der Waals surface area contributed by atoms with Gasteiger partial charge in [-0.1, -0.05) is 60.6 Å². The van der Waals surface area contributed by atoms with Gasteiger partial charge in [-0.25, -0.2) is 0 Å². The van der Waals surface area contributed by atoms with Gasteiger partial charge < -0.3 is 32.6 Å². The Morgan fingerprint density at radius 2 is 1.69 bits per heavy atom. The van der Waals surface area contributed by atoms with Crippen molar-refractivity contribution in [3.8, 4) is 0 Å². The van der Waals surface area contributed by atoms with E-state index in [2.05, 4.69) is 4.52 Å². The van der Waals surface area contributed by atoms with Gasteiger partial charge in [-0.2, -0.15) is 0 Å². The van der Waals surface area contributed by atoms with E-state index in [1.165, 1.54) is 12.8 Å². The van der Waals surface area contributed by atoms with Crippen LogP contribution in [0.25, 0.3) is 0 Å². The summed E-state index contributed by atoms with van der Waals surface area (Å²) >= 11 is 0. The highest BCUT2D eigenvalue weighted by Gasteiger charge is 2.36. The van der Waals surface area contributed by atoms with E-state index in [9.17, 15) is 18.9 Å². The summed E-state index contributed by atoms with van der Waals surface area (Å²) in [5.74, 6) is 2.20. The van der Waals surface area contributed by atoms with E-state index in [1.54, 1.807) is 0 Å². The molecular formula is C18H35BO9P2S2-2. The molecule has 1 saturated heterocycles. The number of unbranched alkanes of at least 4 members (excludes halogenated alkanes) is 6. The third kappa shape index (κ3) is 15.0. The molecule has 9 nitrogen and oxygen atoms in total. The predicted molar refractivity (Wildman–Crippen MR) is 126 cm³/mol. The van der Waals surface area contributed by atoms with Crippen LogP contribution in [0.3, 0.4) is 0 Å². The SMILES string of the molecule is [2H]CCCCCCSSCCCCCCOP(=O)([O-])OC[C@H]1O[C@@H]([B])CC1OP(=O)([O-])OC. The first-order valence-electron chi connectivity index (χ1n) is 11.5. The summed E-state index contributed by atoms with van der Waals surface area (Å²) in [7, 11) is 1.26. The molecule has 14 heteroatoms. The summed E-state index contributed by atoms with van der Waals surface area (Å²) in [5, 5.41) is 0. The van der Waals surface area contributed by atoms with Gasteiger partial charge in [-0.15, -0.1) is 0 Å². The molecule has 0 saturated carbocycles. The van der Waals surface area contributed by atoms with E-state index in [0.29, 0.717) is 13.3 Å². The van der Waals surface area contributed by atoms with Gasteiger partial charge in [0.2, 0.25) is 0 Å². The second kappa shape index (κ2) is 17.4. The first kappa shape index (κ1) is 29.2. The molecule has 0 aromatic heterocycles. The molecule has 0 amide bonds. The quantitative estimate of drug-likeness (QED) is 0.0982. The maximum absolute atomic E-state index is 11.9. The third-order valence-corrected chi connectivity index (χ3v) is 9.06. The van der Waals surface area contributed by atoms with Crippen molar-refractivity contribution < 1.29 is 43.1 Å². The number of hydrogen-bond acceptors (Lipinski definition) is 11. The summed E-state index contributed by atoms with van der Waals surface area (Å²) in [6, 6.07) is -0.803. The second-order valence-electron chi connectivity index (χ2n) is 7.27. The largest absolute Gasteiger partial charge is 0.756 e. The molecular weight excluding hydrogens is 497 g/mol. The van der Waals surface area contributed by atoms with Crippen LogP contribution in [0, 0.1) is 0 Å². The molecule has 0 N–H and O–H groups in total. The van der Waals surface area contributed by atoms with Gasteiger partial charge in [-0.05, 0) is 25.7 Å². The summed E-state index contributed by atoms with van der Waals surface area (Å²) in [5.41, 5.74) is 0. The van der Waals surface area contributed by atoms with Crippen molar-refractivity contribution in [2.45, 2.75) is 82.9 Å². The fraction of sp³-hybridized carbons (Fsp3) is 1.00. The number of rotatable bonds is 20. The minimum atomic E-state index is -4.56. The lowest BCUT2D eigenvalue weighted by atomic mass is 9.96. The maximum Gasteiger partial charge on any atom is 0.267 e. The molecule has 1 aliphatic rings. The van der Waals surface area contributed by atoms with Crippen LogP contribution in [0.5, 0.6) is 0 Å². The summed E-state index contributed by atoms with van der Waals surface area (Å²) < 4.78 is 54.5. The standard InChI is InChI=1S/C18H37BO9P2S2/c1-3-4-5-9-12-31-32-13-10-7-6-8-11-25-30(22,23)26-15-17-16(14-18(19)27-17)28-29(20,21)24-2/h16-18H,3-15H2,1-2H3,(H,20,21)(H,22,23)/p-2/t16?,17-,18-/m1/s1/i1D. The van der Waals surface area contributed by atoms with Crippen molar-refractivity contribution in [1.82, 2.24) is 0 Å². The zero-order valence-corrected chi connectivity index (χ0v) is 22.0. The van der Waals surface area contributed by atoms with Gasteiger partial charge in [0.05, 0.1) is 19.3 Å². The van der Waals surface area contributed by atoms with Crippen molar-refractivity contribution in [2.75, 3.05) is 31.8 Å². The Morgan fingerprint density at radius 1 is 1.03 bits per heavy atom. The Kier molecular flexibility index (Phi) is 15.9. The van der Waals surface area contributed by atoms with E-state index in [0.717, 1.165) is 50.7 Å². The molecule has 0 bridgehead atoms. The maximum atomic E-state index is 11.9. The lowest BCUT2D eigenvalue weighted by Crippen LogP contribution is -2.30. The number of phosphoric acid groups is 2. The van der Waals surface area contributed by atoms with Crippen molar-refractivity contribution in [2.24, 2.45) is 0 Å². The van der Waals surface area contributed by atoms with Gasteiger partial charge in [0.25, 0.3) is 15.6 Å². The lowest BCUT2D eigenvalue weighted by molar-refractivity contribution is -0.232. The van der Waals surface area contributed by atoms with Crippen LogP contribution in [-0.4, -0.2) is 57.9 Å². The Balaban J connectivity index is 2.07. The minimum absolute atomic E-state index is 0.0192. The minimum Gasteiger partial charge on any atom is -0.756 e. The van der Waals surface area contributed by atoms with Gasteiger partial charge in [0, 0.05) is 26.0 Å². The van der Waals surface area contributed by atoms with Crippen LogP contribution < -0.4 is 9.79 Å². The van der Waals surface area contributed by atoms with E-state index >= 15 is 0 Å². The first-order chi connectivity index (χ1) is 15.7. The summed E-state index contributed by atoms with van der Waals surface area (Å²) in [6.45, 7) is 0.0734. The van der Waals surface area contributed by atoms with E-state index in [-0.39, 0.29) is 13.0 Å². The van der Waals surface area contributed by atoms with Gasteiger partial charge in [0.1, 0.15) is 14.0 Å². The van der Waals surface area contributed by atoms with E-state index in [4.69, 9.17) is 27.5 Å². The molecule has 2 radical (unpaired) electrons. The summed E-state index contributed by atoms with van der Waals surface area (Å²) in [6.07, 6.45) is 6.10. The van der Waals surface area contributed by atoms with Crippen molar-refractivity contribution in [1.29, 1.82) is 0 Å². The van der Waals surface area contributed by atoms with Crippen LogP contribution in [0.15, 0.2) is 0 Å². The molecule has 0 aromatic carbocycles. The molecule has 1 heterocycles. The Hall–Kier alpha value is 0.945. The first-order valence-corrected chi connectivity index (χ1v) is 16.2. The average Bonchev–Trinajstić information content (AvgIpc) is 3.10. The number of ether oxygens (including phenoxy) is 1. The molecule has 1 rings (SSSR count). The Labute approximate surface area is 202 Å². The van der Waals surface area contributed by atoms with E-state index < -0.39 is 40.5 Å². The Bertz CT molecular complexity index is 611. The van der Waals surface area contributed by atoms with Gasteiger partial charge >= 0.3 is 0 Å². The molecule has 1 aliphatic heterocycles. The zero-order valence-electron chi connectivity index (χ0n) is 19.6. The average molecular weight is 533 g/mol. The van der Waals surface area contributed by atoms with Gasteiger partial charge in [-0.3, -0.25) is 9.13 Å². The fourth-order valence-corrected chi connectivity index (χ4v) is 6.53. The molecule has 0 aliphatic carbocycles. The van der Waals surface area contributed by atoms with Crippen LogP contribution in [0.1, 0.15) is 66.1 Å². The highest BCUT2D eigenvalue weighted by Crippen LogP contribution is 2.44. The smallest absolute Gasteiger partial charge is 0.267 e. The van der Waals surface area contributed by atoms with Crippen LogP contribution in [0.2, 0.25) is 0 Å². The number of hydrogen-bond donors (Lipinski definition) is 0. The predicted octanol–water partition coefficient (Wildman–Crippen LogP) is 3.79. The molecule has 5 atom stereocenters. The van der Waals surface area contributed by atoms with E-state index in [1.807, 2.05) is 21.6 Å². The highest BCUT2D eigenvalue weighted by molar-refractivity contribution is 8.76. The zero-order chi connectivity index (χ0) is 24.6. The third-order valence-electron chi connectivity index (χ3n) is 4.55. The van der Waals surface area contributed by atoms with Crippen molar-refractivity contribution >= 4 is 45.1 Å². The molecule has 0 aromatic rings. The molecule has 188 valence electrons. The Morgan fingerprint density at radius 3 is 2.34 bits per heavy atom. The van der Waals surface area contributed by atoms with Gasteiger partial charge in [0.15, 0.2) is 0 Å². The van der Waals surface area contributed by atoms with Crippen molar-refractivity contribution in [3.05, 3.63) is 0 Å². The molecule has 0 spiro atoms. The second-order valence-corrected chi connectivity index (χ2v) is 12.9. The molecule has 32 heavy (non-hydrogen) atoms. The molecule has 3 unspecified atom stereocenters.